The van der Waals surface area contributed by atoms with Crippen molar-refractivity contribution in [1.29, 1.82) is 0 Å². The van der Waals surface area contributed by atoms with Gasteiger partial charge < -0.3 is 15.5 Å². The molecule has 2 amide bonds. The van der Waals surface area contributed by atoms with Gasteiger partial charge in [0.1, 0.15) is 11.6 Å². The van der Waals surface area contributed by atoms with Gasteiger partial charge in [-0.1, -0.05) is 11.6 Å². The molecule has 0 atom stereocenters. The third kappa shape index (κ3) is 4.58. The van der Waals surface area contributed by atoms with Gasteiger partial charge in [0, 0.05) is 30.0 Å². The zero-order chi connectivity index (χ0) is 16.8. The van der Waals surface area contributed by atoms with Crippen LogP contribution in [0, 0.1) is 0 Å². The predicted molar refractivity (Wildman–Crippen MR) is 95.4 cm³/mol. The summed E-state index contributed by atoms with van der Waals surface area (Å²) in [7, 11) is 0. The summed E-state index contributed by atoms with van der Waals surface area (Å²) in [6.07, 6.45) is 5.41. The van der Waals surface area contributed by atoms with Gasteiger partial charge in [-0.3, -0.25) is 0 Å². The average Bonchev–Trinajstić information content (AvgIpc) is 2.63. The molecule has 0 spiro atoms. The first-order valence-electron chi connectivity index (χ1n) is 8.08. The summed E-state index contributed by atoms with van der Waals surface area (Å²) in [5.74, 6) is 1.53. The SMILES string of the molecule is O=C(NCc1nccc(N2CCCCC2)n1)Nc1ccc(Cl)cc1. The molecule has 1 aliphatic heterocycles. The van der Waals surface area contributed by atoms with Crippen LogP contribution >= 0.6 is 11.6 Å². The molecular weight excluding hydrogens is 326 g/mol. The van der Waals surface area contributed by atoms with Crippen LogP contribution < -0.4 is 15.5 Å². The Bertz CT molecular complexity index is 686. The number of hydrogen-bond acceptors (Lipinski definition) is 4. The van der Waals surface area contributed by atoms with E-state index in [2.05, 4.69) is 25.5 Å². The number of hydrogen-bond donors (Lipinski definition) is 2. The number of amides is 2. The van der Waals surface area contributed by atoms with E-state index in [1.165, 1.54) is 19.3 Å². The molecule has 1 saturated heterocycles. The van der Waals surface area contributed by atoms with Gasteiger partial charge in [0.25, 0.3) is 0 Å². The predicted octanol–water partition coefficient (Wildman–Crippen LogP) is 3.44. The van der Waals surface area contributed by atoms with Crippen molar-refractivity contribution in [3.63, 3.8) is 0 Å². The highest BCUT2D eigenvalue weighted by Crippen LogP contribution is 2.17. The van der Waals surface area contributed by atoms with E-state index in [4.69, 9.17) is 11.6 Å². The van der Waals surface area contributed by atoms with Gasteiger partial charge in [0.05, 0.1) is 6.54 Å². The van der Waals surface area contributed by atoms with Crippen LogP contribution in [-0.2, 0) is 6.54 Å². The van der Waals surface area contributed by atoms with Crippen LogP contribution in [0.5, 0.6) is 0 Å². The molecular formula is C17H20ClN5O. The Morgan fingerprint density at radius 1 is 1.12 bits per heavy atom. The van der Waals surface area contributed by atoms with Gasteiger partial charge in [-0.05, 0) is 49.6 Å². The minimum atomic E-state index is -0.302. The maximum absolute atomic E-state index is 11.9. The van der Waals surface area contributed by atoms with Crippen molar-refractivity contribution < 1.29 is 4.79 Å². The number of aromatic nitrogens is 2. The lowest BCUT2D eigenvalue weighted by Crippen LogP contribution is -2.31. The number of carbonyl (C=O) groups is 1. The lowest BCUT2D eigenvalue weighted by molar-refractivity contribution is 0.251. The smallest absolute Gasteiger partial charge is 0.319 e. The minimum Gasteiger partial charge on any atom is -0.357 e. The molecule has 1 aromatic carbocycles. The Balaban J connectivity index is 1.54. The number of nitrogens with zero attached hydrogens (tertiary/aromatic N) is 3. The van der Waals surface area contributed by atoms with Crippen molar-refractivity contribution in [2.24, 2.45) is 0 Å². The van der Waals surface area contributed by atoms with E-state index in [0.29, 0.717) is 16.5 Å². The van der Waals surface area contributed by atoms with Crippen molar-refractivity contribution in [2.75, 3.05) is 23.3 Å². The fraction of sp³-hybridized carbons (Fsp3) is 0.353. The van der Waals surface area contributed by atoms with Gasteiger partial charge in [-0.25, -0.2) is 14.8 Å². The molecule has 126 valence electrons. The molecule has 0 unspecified atom stereocenters. The molecule has 1 fully saturated rings. The van der Waals surface area contributed by atoms with Gasteiger partial charge in [0.2, 0.25) is 0 Å². The van der Waals surface area contributed by atoms with Crippen molar-refractivity contribution >= 4 is 29.1 Å². The Morgan fingerprint density at radius 2 is 1.88 bits per heavy atom. The fourth-order valence-corrected chi connectivity index (χ4v) is 2.77. The van der Waals surface area contributed by atoms with Crippen molar-refractivity contribution in [3.05, 3.63) is 47.4 Å². The quantitative estimate of drug-likeness (QED) is 0.890. The average molecular weight is 346 g/mol. The molecule has 3 rings (SSSR count). The molecule has 7 heteroatoms. The van der Waals surface area contributed by atoms with Crippen LogP contribution in [0.4, 0.5) is 16.3 Å². The maximum atomic E-state index is 11.9. The Labute approximate surface area is 146 Å². The number of rotatable bonds is 4. The molecule has 0 bridgehead atoms. The van der Waals surface area contributed by atoms with Gasteiger partial charge in [-0.2, -0.15) is 0 Å². The van der Waals surface area contributed by atoms with Crippen LogP contribution in [-0.4, -0.2) is 29.1 Å². The number of urea groups is 1. The monoisotopic (exact) mass is 345 g/mol. The Hall–Kier alpha value is -2.34. The second-order valence-electron chi connectivity index (χ2n) is 5.69. The molecule has 2 N–H and O–H groups in total. The molecule has 2 aromatic rings. The van der Waals surface area contributed by atoms with Crippen LogP contribution in [0.2, 0.25) is 5.02 Å². The summed E-state index contributed by atoms with van der Waals surface area (Å²) in [6.45, 7) is 2.34. The highest BCUT2D eigenvalue weighted by molar-refractivity contribution is 6.30. The molecule has 1 aliphatic rings. The fourth-order valence-electron chi connectivity index (χ4n) is 2.64. The first-order valence-corrected chi connectivity index (χ1v) is 8.46. The molecule has 1 aromatic heterocycles. The number of halogens is 1. The topological polar surface area (TPSA) is 70.2 Å². The van der Waals surface area contributed by atoms with Gasteiger partial charge >= 0.3 is 6.03 Å². The largest absolute Gasteiger partial charge is 0.357 e. The van der Waals surface area contributed by atoms with E-state index in [9.17, 15) is 4.79 Å². The van der Waals surface area contributed by atoms with E-state index in [1.54, 1.807) is 30.5 Å². The van der Waals surface area contributed by atoms with E-state index in [0.717, 1.165) is 18.9 Å². The van der Waals surface area contributed by atoms with E-state index in [-0.39, 0.29) is 12.6 Å². The van der Waals surface area contributed by atoms with Crippen LogP contribution in [0.3, 0.4) is 0 Å². The number of piperidine rings is 1. The van der Waals surface area contributed by atoms with E-state index < -0.39 is 0 Å². The summed E-state index contributed by atoms with van der Waals surface area (Å²) in [6, 6.07) is 8.56. The number of anilines is 2. The highest BCUT2D eigenvalue weighted by atomic mass is 35.5. The second kappa shape index (κ2) is 7.97. The Morgan fingerprint density at radius 3 is 2.62 bits per heavy atom. The molecule has 24 heavy (non-hydrogen) atoms. The van der Waals surface area contributed by atoms with Crippen LogP contribution in [0.15, 0.2) is 36.5 Å². The summed E-state index contributed by atoms with van der Waals surface area (Å²) < 4.78 is 0. The van der Waals surface area contributed by atoms with Crippen molar-refractivity contribution in [1.82, 2.24) is 15.3 Å². The zero-order valence-corrected chi connectivity index (χ0v) is 14.1. The van der Waals surface area contributed by atoms with E-state index in [1.807, 2.05) is 6.07 Å². The van der Waals surface area contributed by atoms with Gasteiger partial charge in [0.15, 0.2) is 0 Å². The molecule has 6 nitrogen and oxygen atoms in total. The van der Waals surface area contributed by atoms with Crippen LogP contribution in [0.25, 0.3) is 0 Å². The third-order valence-electron chi connectivity index (χ3n) is 3.88. The zero-order valence-electron chi connectivity index (χ0n) is 13.3. The van der Waals surface area contributed by atoms with E-state index >= 15 is 0 Å². The molecule has 0 aliphatic carbocycles. The number of nitrogens with one attached hydrogen (secondary N) is 2. The standard InChI is InChI=1S/C17H20ClN5O/c18-13-4-6-14(7-5-13)21-17(24)20-12-15-19-9-8-16(22-15)23-10-2-1-3-11-23/h4-9H,1-3,10-12H2,(H2,20,21,24). The highest BCUT2D eigenvalue weighted by Gasteiger charge is 2.13. The summed E-state index contributed by atoms with van der Waals surface area (Å²) in [4.78, 5) is 23.0. The second-order valence-corrected chi connectivity index (χ2v) is 6.13. The molecule has 0 saturated carbocycles. The summed E-state index contributed by atoms with van der Waals surface area (Å²) in [5.41, 5.74) is 0.680. The van der Waals surface area contributed by atoms with Crippen molar-refractivity contribution in [3.8, 4) is 0 Å². The lowest BCUT2D eigenvalue weighted by atomic mass is 10.1. The first-order chi connectivity index (χ1) is 11.7. The number of carbonyl (C=O) groups excluding carboxylic acids is 1. The summed E-state index contributed by atoms with van der Waals surface area (Å²) in [5, 5.41) is 6.14. The lowest BCUT2D eigenvalue weighted by Gasteiger charge is -2.27. The third-order valence-corrected chi connectivity index (χ3v) is 4.13. The summed E-state index contributed by atoms with van der Waals surface area (Å²) >= 11 is 5.82. The van der Waals surface area contributed by atoms with Crippen LogP contribution in [0.1, 0.15) is 25.1 Å². The normalized spacial score (nSPS) is 14.3. The first kappa shape index (κ1) is 16.5. The molecule has 2 heterocycles. The minimum absolute atomic E-state index is 0.279. The van der Waals surface area contributed by atoms with Gasteiger partial charge in [-0.15, -0.1) is 0 Å². The molecule has 0 radical (unpaired) electrons. The van der Waals surface area contributed by atoms with Crippen molar-refractivity contribution in [2.45, 2.75) is 25.8 Å². The number of benzene rings is 1. The maximum Gasteiger partial charge on any atom is 0.319 e. The Kier molecular flexibility index (Phi) is 5.48.